The molecule has 0 saturated heterocycles. The molecule has 2 aromatic carbocycles. The van der Waals surface area contributed by atoms with Gasteiger partial charge in [0.25, 0.3) is 0 Å². The summed E-state index contributed by atoms with van der Waals surface area (Å²) in [5.41, 5.74) is 5.18. The first-order valence-electron chi connectivity index (χ1n) is 13.7. The molecule has 1 heterocycles. The van der Waals surface area contributed by atoms with Crippen molar-refractivity contribution in [1.82, 2.24) is 4.90 Å². The summed E-state index contributed by atoms with van der Waals surface area (Å²) in [5, 5.41) is 0. The van der Waals surface area contributed by atoms with Gasteiger partial charge in [0, 0.05) is 65.0 Å². The smallest absolute Gasteiger partial charge is 0.162 e. The molecule has 3 aliphatic rings. The van der Waals surface area contributed by atoms with Crippen molar-refractivity contribution in [3.63, 3.8) is 0 Å². The number of hydrogen-bond donors (Lipinski definition) is 0. The molecular formula is C33H38BrNO4. The molecule has 1 aliphatic heterocycles. The minimum atomic E-state index is -0.454. The molecule has 0 N–H and O–H groups in total. The number of nitrogens with zero attached hydrogens (tertiary/aromatic N) is 1. The van der Waals surface area contributed by atoms with E-state index in [1.54, 1.807) is 7.11 Å². The molecule has 206 valence electrons. The van der Waals surface area contributed by atoms with Crippen molar-refractivity contribution in [2.45, 2.75) is 65.9 Å². The molecule has 0 saturated carbocycles. The second kappa shape index (κ2) is 10.7. The summed E-state index contributed by atoms with van der Waals surface area (Å²) in [4.78, 5) is 30.3. The molecular weight excluding hydrogens is 554 g/mol. The van der Waals surface area contributed by atoms with E-state index in [0.29, 0.717) is 38.3 Å². The van der Waals surface area contributed by atoms with Crippen molar-refractivity contribution in [1.29, 1.82) is 0 Å². The number of halogens is 1. The summed E-state index contributed by atoms with van der Waals surface area (Å²) in [7, 11) is 1.70. The van der Waals surface area contributed by atoms with E-state index in [1.807, 2.05) is 48.5 Å². The third-order valence-electron chi connectivity index (χ3n) is 8.06. The van der Waals surface area contributed by atoms with Crippen molar-refractivity contribution in [2.75, 3.05) is 20.3 Å². The van der Waals surface area contributed by atoms with E-state index < -0.39 is 5.92 Å². The van der Waals surface area contributed by atoms with Crippen LogP contribution < -0.4 is 4.74 Å². The first kappa shape index (κ1) is 27.9. The number of carbonyl (C=O) groups is 2. The van der Waals surface area contributed by atoms with Gasteiger partial charge in [-0.2, -0.15) is 0 Å². The van der Waals surface area contributed by atoms with Gasteiger partial charge in [-0.1, -0.05) is 74.0 Å². The van der Waals surface area contributed by atoms with Crippen LogP contribution >= 0.6 is 15.9 Å². The van der Waals surface area contributed by atoms with E-state index in [4.69, 9.17) is 9.47 Å². The Hall–Kier alpha value is -2.70. The van der Waals surface area contributed by atoms with Crippen LogP contribution in [0, 0.1) is 10.8 Å². The van der Waals surface area contributed by atoms with Crippen LogP contribution in [0.2, 0.25) is 0 Å². The fourth-order valence-corrected chi connectivity index (χ4v) is 6.80. The molecule has 2 aromatic rings. The molecule has 0 spiro atoms. The van der Waals surface area contributed by atoms with Crippen molar-refractivity contribution >= 4 is 27.5 Å². The number of methoxy groups -OCH3 is 1. The Morgan fingerprint density at radius 1 is 0.872 bits per heavy atom. The molecule has 5 rings (SSSR count). The quantitative estimate of drug-likeness (QED) is 0.336. The number of allylic oxidation sites excluding steroid dienone is 4. The highest BCUT2D eigenvalue weighted by Crippen LogP contribution is 2.55. The number of ketones is 2. The maximum Gasteiger partial charge on any atom is 0.162 e. The van der Waals surface area contributed by atoms with E-state index >= 15 is 0 Å². The highest BCUT2D eigenvalue weighted by molar-refractivity contribution is 9.10. The van der Waals surface area contributed by atoms with E-state index in [0.717, 1.165) is 51.0 Å². The van der Waals surface area contributed by atoms with Crippen molar-refractivity contribution < 1.29 is 19.1 Å². The van der Waals surface area contributed by atoms with Crippen molar-refractivity contribution in [3.8, 4) is 5.75 Å². The Bertz CT molecular complexity index is 1300. The SMILES string of the molecule is COCCN1C2=C(C(=O)CC(C)(C)C2)C(c2cc(Br)ccc2OCc2ccccc2)C2=C1CC(C)(C)CC2=O. The van der Waals surface area contributed by atoms with Gasteiger partial charge in [0.15, 0.2) is 11.6 Å². The first-order chi connectivity index (χ1) is 18.5. The minimum absolute atomic E-state index is 0.117. The van der Waals surface area contributed by atoms with Crippen LogP contribution in [-0.2, 0) is 20.9 Å². The molecule has 0 unspecified atom stereocenters. The second-order valence-corrected chi connectivity index (χ2v) is 13.6. The zero-order valence-electron chi connectivity index (χ0n) is 23.6. The van der Waals surface area contributed by atoms with E-state index in [2.05, 4.69) is 48.5 Å². The van der Waals surface area contributed by atoms with Crippen LogP contribution in [0.5, 0.6) is 5.75 Å². The largest absolute Gasteiger partial charge is 0.489 e. The third-order valence-corrected chi connectivity index (χ3v) is 8.55. The van der Waals surface area contributed by atoms with E-state index in [1.165, 1.54) is 0 Å². The lowest BCUT2D eigenvalue weighted by Crippen LogP contribution is -2.45. The van der Waals surface area contributed by atoms with Gasteiger partial charge in [-0.15, -0.1) is 0 Å². The second-order valence-electron chi connectivity index (χ2n) is 12.6. The average molecular weight is 593 g/mol. The highest BCUT2D eigenvalue weighted by Gasteiger charge is 2.49. The summed E-state index contributed by atoms with van der Waals surface area (Å²) >= 11 is 3.66. The molecule has 5 nitrogen and oxygen atoms in total. The Morgan fingerprint density at radius 2 is 1.46 bits per heavy atom. The lowest BCUT2D eigenvalue weighted by Gasteiger charge is -2.49. The van der Waals surface area contributed by atoms with Crippen LogP contribution in [0.3, 0.4) is 0 Å². The summed E-state index contributed by atoms with van der Waals surface area (Å²) in [6.45, 7) is 10.2. The lowest BCUT2D eigenvalue weighted by atomic mass is 9.63. The number of ether oxygens (including phenoxy) is 2. The average Bonchev–Trinajstić information content (AvgIpc) is 2.85. The van der Waals surface area contributed by atoms with Crippen LogP contribution in [-0.4, -0.2) is 36.7 Å². The van der Waals surface area contributed by atoms with Gasteiger partial charge < -0.3 is 14.4 Å². The fourth-order valence-electron chi connectivity index (χ4n) is 6.42. The molecule has 0 atom stereocenters. The Balaban J connectivity index is 1.71. The maximum absolute atomic E-state index is 14.0. The number of Topliss-reactive ketones (excluding diaryl/α,β-unsaturated/α-hetero) is 2. The number of rotatable bonds is 7. The number of carbonyl (C=O) groups excluding carboxylic acids is 2. The predicted molar refractivity (Wildman–Crippen MR) is 156 cm³/mol. The Kier molecular flexibility index (Phi) is 7.64. The zero-order chi connectivity index (χ0) is 27.9. The maximum atomic E-state index is 14.0. The molecule has 6 heteroatoms. The molecule has 0 aromatic heterocycles. The lowest BCUT2D eigenvalue weighted by molar-refractivity contribution is -0.119. The van der Waals surface area contributed by atoms with Crippen LogP contribution in [0.15, 0.2) is 75.5 Å². The van der Waals surface area contributed by atoms with Crippen LogP contribution in [0.25, 0.3) is 0 Å². The van der Waals surface area contributed by atoms with Gasteiger partial charge in [-0.05, 0) is 47.4 Å². The zero-order valence-corrected chi connectivity index (χ0v) is 25.2. The summed E-state index contributed by atoms with van der Waals surface area (Å²) < 4.78 is 12.8. The van der Waals surface area contributed by atoms with Gasteiger partial charge >= 0.3 is 0 Å². The van der Waals surface area contributed by atoms with Gasteiger partial charge in [0.1, 0.15) is 12.4 Å². The Morgan fingerprint density at radius 3 is 2.03 bits per heavy atom. The monoisotopic (exact) mass is 591 g/mol. The van der Waals surface area contributed by atoms with Crippen molar-refractivity contribution in [3.05, 3.63) is 86.7 Å². The number of hydrogen-bond acceptors (Lipinski definition) is 5. The van der Waals surface area contributed by atoms with Gasteiger partial charge in [0.05, 0.1) is 6.61 Å². The molecule has 0 amide bonds. The Labute approximate surface area is 240 Å². The fraction of sp³-hybridized carbons (Fsp3) is 0.455. The third kappa shape index (κ3) is 5.64. The van der Waals surface area contributed by atoms with Gasteiger partial charge in [-0.25, -0.2) is 0 Å². The highest BCUT2D eigenvalue weighted by atomic mass is 79.9. The summed E-state index contributed by atoms with van der Waals surface area (Å²) in [6, 6.07) is 16.0. The molecule has 0 fully saturated rings. The summed E-state index contributed by atoms with van der Waals surface area (Å²) in [6.07, 6.45) is 2.45. The minimum Gasteiger partial charge on any atom is -0.489 e. The van der Waals surface area contributed by atoms with Crippen LogP contribution in [0.1, 0.15) is 70.4 Å². The van der Waals surface area contributed by atoms with Gasteiger partial charge in [0.2, 0.25) is 0 Å². The van der Waals surface area contributed by atoms with E-state index in [9.17, 15) is 9.59 Å². The molecule has 2 aliphatic carbocycles. The van der Waals surface area contributed by atoms with Crippen molar-refractivity contribution in [2.24, 2.45) is 10.8 Å². The normalized spacial score (nSPS) is 20.7. The van der Waals surface area contributed by atoms with Gasteiger partial charge in [-0.3, -0.25) is 9.59 Å². The van der Waals surface area contributed by atoms with Crippen LogP contribution in [0.4, 0.5) is 0 Å². The van der Waals surface area contributed by atoms with E-state index in [-0.39, 0.29) is 22.4 Å². The summed E-state index contributed by atoms with van der Waals surface area (Å²) in [5.74, 6) is 0.481. The molecule has 39 heavy (non-hydrogen) atoms. The first-order valence-corrected chi connectivity index (χ1v) is 14.5. The topological polar surface area (TPSA) is 55.8 Å². The standard InChI is InChI=1S/C33H38BrNO4/c1-32(2)16-24-30(26(36)18-32)29(31-25(35(24)13-14-38-5)17-33(3,4)19-27(31)37)23-15-22(34)11-12-28(23)39-20-21-9-7-6-8-10-21/h6-12,15,29H,13-14,16-20H2,1-5H3. The predicted octanol–water partition coefficient (Wildman–Crippen LogP) is 7.36. The molecule has 0 radical (unpaired) electrons. The molecule has 0 bridgehead atoms. The number of benzene rings is 2.